The second-order valence-corrected chi connectivity index (χ2v) is 4.61. The Bertz CT molecular complexity index is 395. The first-order chi connectivity index (χ1) is 5.96. The van der Waals surface area contributed by atoms with Crippen LogP contribution in [0.5, 0.6) is 0 Å². The molecule has 13 heavy (non-hydrogen) atoms. The van der Waals surface area contributed by atoms with Gasteiger partial charge < -0.3 is 5.73 Å². The SMILES string of the molecule is CC(C(N)=O)S(=O)(=O)c1cn[nH]n1. The Morgan fingerprint density at radius 2 is 2.31 bits per heavy atom. The monoisotopic (exact) mass is 204 g/mol. The Morgan fingerprint density at radius 3 is 2.69 bits per heavy atom. The van der Waals surface area contributed by atoms with E-state index in [-0.39, 0.29) is 5.03 Å². The summed E-state index contributed by atoms with van der Waals surface area (Å²) in [7, 11) is -3.77. The molecule has 1 rings (SSSR count). The second kappa shape index (κ2) is 3.13. The molecule has 1 amide bonds. The molecule has 0 spiro atoms. The molecule has 0 saturated carbocycles. The minimum Gasteiger partial charge on any atom is -0.369 e. The summed E-state index contributed by atoms with van der Waals surface area (Å²) in [6, 6.07) is 0. The highest BCUT2D eigenvalue weighted by Crippen LogP contribution is 2.10. The van der Waals surface area contributed by atoms with E-state index in [1.807, 2.05) is 0 Å². The predicted molar refractivity (Wildman–Crippen MR) is 42.2 cm³/mol. The first-order valence-corrected chi connectivity index (χ1v) is 4.90. The Labute approximate surface area is 74.2 Å². The van der Waals surface area contributed by atoms with Gasteiger partial charge in [0.05, 0.1) is 6.20 Å². The standard InChI is InChI=1S/C5H8N4O3S/c1-3(5(6)10)13(11,12)4-2-7-9-8-4/h2-3H,1H3,(H2,6,10)(H,7,8,9). The maximum absolute atomic E-state index is 11.4. The second-order valence-electron chi connectivity index (χ2n) is 2.40. The molecule has 0 aromatic carbocycles. The minimum atomic E-state index is -3.77. The van der Waals surface area contributed by atoms with Crippen molar-refractivity contribution in [3.8, 4) is 0 Å². The van der Waals surface area contributed by atoms with Gasteiger partial charge in [0.2, 0.25) is 15.7 Å². The zero-order chi connectivity index (χ0) is 10.1. The van der Waals surface area contributed by atoms with Crippen LogP contribution in [0.1, 0.15) is 6.92 Å². The van der Waals surface area contributed by atoms with Crippen molar-refractivity contribution in [2.24, 2.45) is 5.73 Å². The maximum Gasteiger partial charge on any atom is 0.235 e. The highest BCUT2D eigenvalue weighted by molar-refractivity contribution is 7.92. The summed E-state index contributed by atoms with van der Waals surface area (Å²) < 4.78 is 22.8. The van der Waals surface area contributed by atoms with Gasteiger partial charge in [-0.05, 0) is 6.92 Å². The number of nitrogens with one attached hydrogen (secondary N) is 1. The van der Waals surface area contributed by atoms with Crippen LogP contribution in [0.3, 0.4) is 0 Å². The first kappa shape index (κ1) is 9.65. The van der Waals surface area contributed by atoms with Crippen molar-refractivity contribution in [3.63, 3.8) is 0 Å². The molecule has 0 aliphatic carbocycles. The molecule has 72 valence electrons. The number of carbonyl (C=O) groups excluding carboxylic acids is 1. The van der Waals surface area contributed by atoms with Gasteiger partial charge in [0.15, 0.2) is 5.03 Å². The number of aromatic nitrogens is 3. The van der Waals surface area contributed by atoms with Gasteiger partial charge in [0.25, 0.3) is 0 Å². The van der Waals surface area contributed by atoms with Crippen molar-refractivity contribution in [2.75, 3.05) is 0 Å². The topological polar surface area (TPSA) is 119 Å². The van der Waals surface area contributed by atoms with Gasteiger partial charge in [0.1, 0.15) is 5.25 Å². The van der Waals surface area contributed by atoms with Crippen molar-refractivity contribution in [1.29, 1.82) is 0 Å². The van der Waals surface area contributed by atoms with Crippen LogP contribution in [0.4, 0.5) is 0 Å². The summed E-state index contributed by atoms with van der Waals surface area (Å²) in [5, 5.41) is 7.25. The Balaban J connectivity index is 3.11. The number of hydrogen-bond donors (Lipinski definition) is 2. The normalized spacial score (nSPS) is 13.9. The predicted octanol–water partition coefficient (Wildman–Crippen LogP) is -1.55. The number of hydrogen-bond acceptors (Lipinski definition) is 5. The molecule has 1 unspecified atom stereocenters. The number of carbonyl (C=O) groups is 1. The molecular formula is C5H8N4O3S. The molecule has 8 heteroatoms. The van der Waals surface area contributed by atoms with Crippen LogP contribution in [0, 0.1) is 0 Å². The van der Waals surface area contributed by atoms with Gasteiger partial charge >= 0.3 is 0 Å². The van der Waals surface area contributed by atoms with E-state index in [1.54, 1.807) is 0 Å². The summed E-state index contributed by atoms with van der Waals surface area (Å²) in [5.74, 6) is -0.914. The molecule has 1 aromatic heterocycles. The molecule has 0 radical (unpaired) electrons. The molecule has 0 aliphatic heterocycles. The van der Waals surface area contributed by atoms with Gasteiger partial charge in [-0.15, -0.1) is 5.10 Å². The van der Waals surface area contributed by atoms with E-state index < -0.39 is 21.0 Å². The Kier molecular flexibility index (Phi) is 2.32. The van der Waals surface area contributed by atoms with Crippen molar-refractivity contribution in [1.82, 2.24) is 15.4 Å². The van der Waals surface area contributed by atoms with Crippen LogP contribution >= 0.6 is 0 Å². The Hall–Kier alpha value is -1.44. The number of H-pyrrole nitrogens is 1. The molecule has 1 atom stereocenters. The number of sulfone groups is 1. The third-order valence-electron chi connectivity index (χ3n) is 1.55. The van der Waals surface area contributed by atoms with Gasteiger partial charge in [-0.1, -0.05) is 0 Å². The van der Waals surface area contributed by atoms with Gasteiger partial charge in [0, 0.05) is 0 Å². The molecule has 3 N–H and O–H groups in total. The molecular weight excluding hydrogens is 196 g/mol. The van der Waals surface area contributed by atoms with E-state index in [2.05, 4.69) is 15.4 Å². The molecule has 0 bridgehead atoms. The van der Waals surface area contributed by atoms with Gasteiger partial charge in [-0.3, -0.25) is 4.79 Å². The van der Waals surface area contributed by atoms with Crippen molar-refractivity contribution >= 4 is 15.7 Å². The molecule has 1 aromatic rings. The molecule has 1 heterocycles. The van der Waals surface area contributed by atoms with E-state index >= 15 is 0 Å². The van der Waals surface area contributed by atoms with Crippen molar-refractivity contribution in [3.05, 3.63) is 6.20 Å². The third-order valence-corrected chi connectivity index (χ3v) is 3.49. The molecule has 7 nitrogen and oxygen atoms in total. The summed E-state index contributed by atoms with van der Waals surface area (Å²) in [4.78, 5) is 10.6. The fourth-order valence-electron chi connectivity index (χ4n) is 0.662. The molecule has 0 aliphatic rings. The lowest BCUT2D eigenvalue weighted by molar-refractivity contribution is -0.117. The summed E-state index contributed by atoms with van der Waals surface area (Å²) in [6.07, 6.45) is 1.02. The first-order valence-electron chi connectivity index (χ1n) is 3.35. The smallest absolute Gasteiger partial charge is 0.235 e. The van der Waals surface area contributed by atoms with E-state index in [4.69, 9.17) is 5.73 Å². The van der Waals surface area contributed by atoms with Crippen LogP contribution in [-0.2, 0) is 14.6 Å². The summed E-state index contributed by atoms with van der Waals surface area (Å²) in [6.45, 7) is 1.20. The number of amides is 1. The van der Waals surface area contributed by atoms with Crippen LogP contribution in [0.15, 0.2) is 11.2 Å². The number of aromatic amines is 1. The molecule has 0 fully saturated rings. The average Bonchev–Trinajstić information content (AvgIpc) is 2.54. The lowest BCUT2D eigenvalue weighted by Crippen LogP contribution is -2.33. The van der Waals surface area contributed by atoms with Crippen LogP contribution < -0.4 is 5.73 Å². The largest absolute Gasteiger partial charge is 0.369 e. The lowest BCUT2D eigenvalue weighted by Gasteiger charge is -2.04. The Morgan fingerprint density at radius 1 is 1.69 bits per heavy atom. The minimum absolute atomic E-state index is 0.279. The fraction of sp³-hybridized carbons (Fsp3) is 0.400. The van der Waals surface area contributed by atoms with Crippen molar-refractivity contribution in [2.45, 2.75) is 17.2 Å². The van der Waals surface area contributed by atoms with Gasteiger partial charge in [-0.2, -0.15) is 10.3 Å². The van der Waals surface area contributed by atoms with Crippen LogP contribution in [0.25, 0.3) is 0 Å². The average molecular weight is 204 g/mol. The zero-order valence-corrected chi connectivity index (χ0v) is 7.58. The van der Waals surface area contributed by atoms with E-state index in [1.165, 1.54) is 6.92 Å². The quantitative estimate of drug-likeness (QED) is 0.617. The molecule has 0 saturated heterocycles. The third kappa shape index (κ3) is 1.66. The summed E-state index contributed by atoms with van der Waals surface area (Å²) >= 11 is 0. The highest BCUT2D eigenvalue weighted by atomic mass is 32.2. The number of primary amides is 1. The van der Waals surface area contributed by atoms with Crippen LogP contribution in [-0.4, -0.2) is 35.0 Å². The highest BCUT2D eigenvalue weighted by Gasteiger charge is 2.29. The van der Waals surface area contributed by atoms with E-state index in [0.29, 0.717) is 0 Å². The number of nitrogens with two attached hydrogens (primary N) is 1. The lowest BCUT2D eigenvalue weighted by atomic mass is 10.5. The number of rotatable bonds is 3. The van der Waals surface area contributed by atoms with Crippen LogP contribution in [0.2, 0.25) is 0 Å². The maximum atomic E-state index is 11.4. The summed E-state index contributed by atoms with van der Waals surface area (Å²) in [5.41, 5.74) is 4.85. The fourth-order valence-corrected chi connectivity index (χ4v) is 1.70. The van der Waals surface area contributed by atoms with E-state index in [9.17, 15) is 13.2 Å². The van der Waals surface area contributed by atoms with Gasteiger partial charge in [-0.25, -0.2) is 8.42 Å². The van der Waals surface area contributed by atoms with E-state index in [0.717, 1.165) is 6.20 Å². The number of nitrogens with zero attached hydrogens (tertiary/aromatic N) is 2. The van der Waals surface area contributed by atoms with Crippen molar-refractivity contribution < 1.29 is 13.2 Å². The zero-order valence-electron chi connectivity index (χ0n) is 6.76.